The number of nitriles is 1. The molecule has 1 nitrogen and oxygen atoms in total. The molecule has 0 saturated carbocycles. The summed E-state index contributed by atoms with van der Waals surface area (Å²) in [6.07, 6.45) is 1.32. The van der Waals surface area contributed by atoms with E-state index >= 15 is 0 Å². The normalized spacial score (nSPS) is 4.57. The third kappa shape index (κ3) is 20.7. The summed E-state index contributed by atoms with van der Waals surface area (Å²) in [6.45, 7) is 3.45. The molecule has 0 fully saturated rings. The molecule has 0 bridgehead atoms. The van der Waals surface area contributed by atoms with Crippen LogP contribution in [0.15, 0.2) is 0 Å². The first-order chi connectivity index (χ1) is 2.41. The zero-order valence-electron chi connectivity index (χ0n) is 4.18. The monoisotopic (exact) mass is 212 g/mol. The Kier molecular flexibility index (Phi) is 35.7. The average Bonchev–Trinajstić information content (AvgIpc) is 1.41. The van der Waals surface area contributed by atoms with Gasteiger partial charge in [0, 0.05) is 25.9 Å². The van der Waals surface area contributed by atoms with E-state index in [2.05, 4.69) is 6.92 Å². The van der Waals surface area contributed by atoms with Gasteiger partial charge in [-0.15, -0.1) is 17.0 Å². The van der Waals surface area contributed by atoms with Crippen LogP contribution in [-0.4, -0.2) is 0 Å². The first kappa shape index (κ1) is 15.6. The Balaban J connectivity index is -0.0000000800. The molecule has 0 aliphatic carbocycles. The summed E-state index contributed by atoms with van der Waals surface area (Å²) in [5, 5.41) is 7.78. The van der Waals surface area contributed by atoms with Crippen molar-refractivity contribution in [2.24, 2.45) is 0 Å². The van der Waals surface area contributed by atoms with Crippen molar-refractivity contribution < 1.29 is 19.5 Å². The van der Waals surface area contributed by atoms with Crippen LogP contribution < -0.4 is 0 Å². The summed E-state index contributed by atoms with van der Waals surface area (Å²) in [6, 6.07) is 1.95. The van der Waals surface area contributed by atoms with Crippen molar-refractivity contribution in [3.8, 4) is 6.07 Å². The molecule has 0 N–H and O–H groups in total. The van der Waals surface area contributed by atoms with Crippen LogP contribution >= 0.6 is 17.0 Å². The maximum atomic E-state index is 7.78. The van der Waals surface area contributed by atoms with Crippen molar-refractivity contribution in [2.45, 2.75) is 12.8 Å². The minimum Gasteiger partial charge on any atom is -0.342 e. The van der Waals surface area contributed by atoms with Gasteiger partial charge >= 0.3 is 0 Å². The topological polar surface area (TPSA) is 23.8 Å². The molecular formula is C4H7BrNZn-. The molecular weight excluding hydrogens is 207 g/mol. The Morgan fingerprint density at radius 3 is 2.00 bits per heavy atom. The zero-order valence-corrected chi connectivity index (χ0v) is 8.86. The smallest absolute Gasteiger partial charge is 0.0594 e. The Bertz CT molecular complexity index is 50.1. The summed E-state index contributed by atoms with van der Waals surface area (Å²) in [5.41, 5.74) is 0. The van der Waals surface area contributed by atoms with Gasteiger partial charge in [0.2, 0.25) is 0 Å². The summed E-state index contributed by atoms with van der Waals surface area (Å²) in [4.78, 5) is 0. The minimum absolute atomic E-state index is 0. The van der Waals surface area contributed by atoms with Gasteiger partial charge in [-0.05, 0) is 0 Å². The van der Waals surface area contributed by atoms with Gasteiger partial charge in [0.05, 0.1) is 6.07 Å². The van der Waals surface area contributed by atoms with E-state index in [1.54, 1.807) is 0 Å². The van der Waals surface area contributed by atoms with E-state index in [0.29, 0.717) is 6.42 Å². The van der Waals surface area contributed by atoms with E-state index in [0.717, 1.165) is 6.42 Å². The zero-order chi connectivity index (χ0) is 4.12. The SMILES string of the molecule is Br.[CH2-]CCC#N.[Zn]. The second-order valence-electron chi connectivity index (χ2n) is 0.762. The van der Waals surface area contributed by atoms with E-state index < -0.39 is 0 Å². The first-order valence-electron chi connectivity index (χ1n) is 1.58. The molecule has 0 heterocycles. The molecule has 0 amide bonds. The minimum atomic E-state index is 0. The third-order valence-electron chi connectivity index (χ3n) is 0.289. The van der Waals surface area contributed by atoms with Crippen LogP contribution in [0.4, 0.5) is 0 Å². The maximum absolute atomic E-state index is 7.78. The summed E-state index contributed by atoms with van der Waals surface area (Å²) < 4.78 is 0. The molecule has 0 rings (SSSR count). The van der Waals surface area contributed by atoms with E-state index in [4.69, 9.17) is 5.26 Å². The third-order valence-corrected chi connectivity index (χ3v) is 0.289. The van der Waals surface area contributed by atoms with Crippen molar-refractivity contribution in [1.29, 1.82) is 5.26 Å². The molecule has 0 atom stereocenters. The average molecular weight is 214 g/mol. The van der Waals surface area contributed by atoms with Crippen molar-refractivity contribution >= 4 is 17.0 Å². The Morgan fingerprint density at radius 1 is 1.57 bits per heavy atom. The van der Waals surface area contributed by atoms with Crippen molar-refractivity contribution in [3.63, 3.8) is 0 Å². The van der Waals surface area contributed by atoms with E-state index in [1.807, 2.05) is 6.07 Å². The number of halogens is 1. The first-order valence-corrected chi connectivity index (χ1v) is 1.58. The summed E-state index contributed by atoms with van der Waals surface area (Å²) in [7, 11) is 0. The van der Waals surface area contributed by atoms with Crippen LogP contribution in [-0.2, 0) is 19.5 Å². The van der Waals surface area contributed by atoms with Crippen LogP contribution in [0.25, 0.3) is 0 Å². The van der Waals surface area contributed by atoms with Gasteiger partial charge < -0.3 is 6.92 Å². The van der Waals surface area contributed by atoms with Gasteiger partial charge in [0.25, 0.3) is 0 Å². The van der Waals surface area contributed by atoms with Gasteiger partial charge in [-0.1, -0.05) is 0 Å². The molecule has 7 heavy (non-hydrogen) atoms. The van der Waals surface area contributed by atoms with Crippen molar-refractivity contribution in [3.05, 3.63) is 6.92 Å². The van der Waals surface area contributed by atoms with Crippen LogP contribution in [0.3, 0.4) is 0 Å². The molecule has 0 unspecified atom stereocenters. The van der Waals surface area contributed by atoms with Crippen LogP contribution in [0.5, 0.6) is 0 Å². The largest absolute Gasteiger partial charge is 0.342 e. The quantitative estimate of drug-likeness (QED) is 0.481. The maximum Gasteiger partial charge on any atom is 0.0594 e. The molecule has 0 spiro atoms. The Hall–Kier alpha value is 0.593. The van der Waals surface area contributed by atoms with E-state index in [-0.39, 0.29) is 36.5 Å². The van der Waals surface area contributed by atoms with Gasteiger partial charge in [0.1, 0.15) is 0 Å². The van der Waals surface area contributed by atoms with Gasteiger partial charge in [-0.3, -0.25) is 0 Å². The van der Waals surface area contributed by atoms with E-state index in [1.165, 1.54) is 0 Å². The number of hydrogen-bond acceptors (Lipinski definition) is 1. The molecule has 0 aliphatic heterocycles. The molecule has 38 valence electrons. The number of hydrogen-bond donors (Lipinski definition) is 0. The number of unbranched alkanes of at least 4 members (excludes halogenated alkanes) is 1. The molecule has 0 radical (unpaired) electrons. The Morgan fingerprint density at radius 2 is 2.00 bits per heavy atom. The second-order valence-corrected chi connectivity index (χ2v) is 0.762. The standard InChI is InChI=1S/C4H6N.BrH.Zn/c1-2-3-4-5;;/h1-3H2;1H;/q-1;;. The van der Waals surface area contributed by atoms with Gasteiger partial charge in [0.15, 0.2) is 0 Å². The molecule has 0 aromatic heterocycles. The van der Waals surface area contributed by atoms with E-state index in [9.17, 15) is 0 Å². The molecule has 0 aliphatic rings. The molecule has 0 saturated heterocycles. The fourth-order valence-electron chi connectivity index (χ4n) is 0.0791. The second kappa shape index (κ2) is 16.0. The number of nitrogens with zero attached hydrogens (tertiary/aromatic N) is 1. The molecule has 0 aromatic rings. The van der Waals surface area contributed by atoms with Crippen LogP contribution in [0.1, 0.15) is 12.8 Å². The molecule has 3 heteroatoms. The molecule has 0 aromatic carbocycles. The fourth-order valence-corrected chi connectivity index (χ4v) is 0.0791. The van der Waals surface area contributed by atoms with Crippen LogP contribution in [0, 0.1) is 18.3 Å². The van der Waals surface area contributed by atoms with Crippen LogP contribution in [0.2, 0.25) is 0 Å². The predicted octanol–water partition coefficient (Wildman–Crippen LogP) is 1.70. The predicted molar refractivity (Wildman–Crippen MR) is 30.5 cm³/mol. The van der Waals surface area contributed by atoms with Gasteiger partial charge in [-0.25, -0.2) is 0 Å². The Labute approximate surface area is 67.6 Å². The number of rotatable bonds is 1. The van der Waals surface area contributed by atoms with Crippen molar-refractivity contribution in [1.82, 2.24) is 0 Å². The van der Waals surface area contributed by atoms with Crippen molar-refractivity contribution in [2.75, 3.05) is 0 Å². The fraction of sp³-hybridized carbons (Fsp3) is 0.500. The summed E-state index contributed by atoms with van der Waals surface area (Å²) >= 11 is 0. The van der Waals surface area contributed by atoms with Gasteiger partial charge in [-0.2, -0.15) is 11.7 Å². The summed E-state index contributed by atoms with van der Waals surface area (Å²) in [5.74, 6) is 0.